The highest BCUT2D eigenvalue weighted by Crippen LogP contribution is 2.15. The monoisotopic (exact) mass is 362 g/mol. The van der Waals surface area contributed by atoms with Gasteiger partial charge in [0.15, 0.2) is 5.96 Å². The molecule has 0 amide bonds. The van der Waals surface area contributed by atoms with Gasteiger partial charge >= 0.3 is 6.18 Å². The fourth-order valence-corrected chi connectivity index (χ4v) is 2.50. The number of hydrogen-bond donors (Lipinski definition) is 2. The Hall–Kier alpha value is -1.77. The first-order valence-corrected chi connectivity index (χ1v) is 8.42. The van der Waals surface area contributed by atoms with Gasteiger partial charge in [-0.1, -0.05) is 0 Å². The van der Waals surface area contributed by atoms with Crippen molar-refractivity contribution in [2.24, 2.45) is 4.99 Å². The number of aliphatic imine (C=N–C) groups is 1. The van der Waals surface area contributed by atoms with Gasteiger partial charge < -0.3 is 10.6 Å². The maximum atomic E-state index is 12.2. The molecule has 1 aromatic heterocycles. The van der Waals surface area contributed by atoms with E-state index >= 15 is 0 Å². The lowest BCUT2D eigenvalue weighted by Crippen LogP contribution is -2.39. The summed E-state index contributed by atoms with van der Waals surface area (Å²) in [6, 6.07) is 2.05. The van der Waals surface area contributed by atoms with E-state index in [1.165, 1.54) is 11.9 Å². The van der Waals surface area contributed by atoms with E-state index in [4.69, 9.17) is 0 Å². The summed E-state index contributed by atoms with van der Waals surface area (Å²) in [6.07, 6.45) is -2.64. The number of halogens is 3. The lowest BCUT2D eigenvalue weighted by atomic mass is 10.3. The Morgan fingerprint density at radius 1 is 1.24 bits per heavy atom. The van der Waals surface area contributed by atoms with Crippen molar-refractivity contribution in [3.8, 4) is 0 Å². The van der Waals surface area contributed by atoms with Crippen LogP contribution in [0.1, 0.15) is 24.2 Å². The summed E-state index contributed by atoms with van der Waals surface area (Å²) in [6.45, 7) is 5.63. The molecule has 0 radical (unpaired) electrons. The van der Waals surface area contributed by atoms with Gasteiger partial charge in [0.2, 0.25) is 0 Å². The number of nitrogens with one attached hydrogen (secondary N) is 2. The van der Waals surface area contributed by atoms with Crippen LogP contribution in [0.25, 0.3) is 0 Å². The molecular formula is C16H29F3N6. The number of hydrogen-bond acceptors (Lipinski definition) is 3. The SMILES string of the molecule is CN=C(NCCCN(C)CC(F)(F)F)NCCCn1nc(C)cc1C. The fraction of sp³-hybridized carbons (Fsp3) is 0.750. The Morgan fingerprint density at radius 2 is 1.88 bits per heavy atom. The molecule has 2 N–H and O–H groups in total. The lowest BCUT2D eigenvalue weighted by Gasteiger charge is -2.19. The molecular weight excluding hydrogens is 333 g/mol. The molecule has 144 valence electrons. The van der Waals surface area contributed by atoms with Crippen LogP contribution in [0.4, 0.5) is 13.2 Å². The molecule has 1 rings (SSSR count). The van der Waals surface area contributed by atoms with E-state index < -0.39 is 12.7 Å². The van der Waals surface area contributed by atoms with Crippen LogP contribution in [0.15, 0.2) is 11.1 Å². The van der Waals surface area contributed by atoms with Crippen LogP contribution in [-0.4, -0.2) is 67.1 Å². The average molecular weight is 362 g/mol. The largest absolute Gasteiger partial charge is 0.401 e. The van der Waals surface area contributed by atoms with E-state index in [0.717, 1.165) is 30.9 Å². The molecule has 0 spiro atoms. The second-order valence-corrected chi connectivity index (χ2v) is 6.14. The van der Waals surface area contributed by atoms with Crippen molar-refractivity contribution in [2.45, 2.75) is 39.4 Å². The van der Waals surface area contributed by atoms with Gasteiger partial charge in [-0.05, 0) is 46.3 Å². The van der Waals surface area contributed by atoms with Crippen LogP contribution in [0.3, 0.4) is 0 Å². The summed E-state index contributed by atoms with van der Waals surface area (Å²) in [7, 11) is 3.14. The molecule has 0 aliphatic heterocycles. The second-order valence-electron chi connectivity index (χ2n) is 6.14. The number of nitrogens with zero attached hydrogens (tertiary/aromatic N) is 4. The number of rotatable bonds is 9. The van der Waals surface area contributed by atoms with Gasteiger partial charge in [0.05, 0.1) is 12.2 Å². The van der Waals surface area contributed by atoms with E-state index in [-0.39, 0.29) is 0 Å². The topological polar surface area (TPSA) is 57.5 Å². The first-order chi connectivity index (χ1) is 11.7. The quantitative estimate of drug-likeness (QED) is 0.400. The van der Waals surface area contributed by atoms with Gasteiger partial charge in [0.25, 0.3) is 0 Å². The van der Waals surface area contributed by atoms with Crippen LogP contribution in [0, 0.1) is 13.8 Å². The molecule has 1 heterocycles. The smallest absolute Gasteiger partial charge is 0.356 e. The van der Waals surface area contributed by atoms with Gasteiger partial charge in [-0.3, -0.25) is 14.6 Å². The number of aryl methyl sites for hydroxylation is 3. The van der Waals surface area contributed by atoms with Crippen LogP contribution in [0.5, 0.6) is 0 Å². The minimum Gasteiger partial charge on any atom is -0.356 e. The van der Waals surface area contributed by atoms with Gasteiger partial charge in [-0.2, -0.15) is 18.3 Å². The predicted octanol–water partition coefficient (Wildman–Crippen LogP) is 1.94. The summed E-state index contributed by atoms with van der Waals surface area (Å²) in [5.41, 5.74) is 2.15. The van der Waals surface area contributed by atoms with Crippen molar-refractivity contribution in [3.05, 3.63) is 17.5 Å². The van der Waals surface area contributed by atoms with Gasteiger partial charge in [0, 0.05) is 32.4 Å². The number of alkyl halides is 3. The molecule has 6 nitrogen and oxygen atoms in total. The third-order valence-corrected chi connectivity index (χ3v) is 3.62. The maximum Gasteiger partial charge on any atom is 0.401 e. The van der Waals surface area contributed by atoms with E-state index in [1.54, 1.807) is 7.05 Å². The molecule has 0 aliphatic carbocycles. The zero-order valence-corrected chi connectivity index (χ0v) is 15.4. The highest BCUT2D eigenvalue weighted by molar-refractivity contribution is 5.79. The van der Waals surface area contributed by atoms with Crippen molar-refractivity contribution in [1.29, 1.82) is 0 Å². The summed E-state index contributed by atoms with van der Waals surface area (Å²) in [5, 5.41) is 10.7. The molecule has 0 aliphatic rings. The normalized spacial score (nSPS) is 12.7. The van der Waals surface area contributed by atoms with Gasteiger partial charge in [-0.15, -0.1) is 0 Å². The summed E-state index contributed by atoms with van der Waals surface area (Å²) < 4.78 is 38.7. The lowest BCUT2D eigenvalue weighted by molar-refractivity contribution is -0.143. The number of guanidine groups is 1. The summed E-state index contributed by atoms with van der Waals surface area (Å²) in [5.74, 6) is 0.659. The Kier molecular flexibility index (Phi) is 8.74. The van der Waals surface area contributed by atoms with E-state index in [9.17, 15) is 13.2 Å². The predicted molar refractivity (Wildman–Crippen MR) is 93.9 cm³/mol. The molecule has 1 aromatic rings. The van der Waals surface area contributed by atoms with Crippen LogP contribution >= 0.6 is 0 Å². The van der Waals surface area contributed by atoms with Gasteiger partial charge in [0.1, 0.15) is 0 Å². The standard InChI is InChI=1S/C16H29F3N6/c1-13-11-14(2)25(23-13)10-6-8-22-15(20-3)21-7-5-9-24(4)12-16(17,18)19/h11H,5-10,12H2,1-4H3,(H2,20,21,22). The highest BCUT2D eigenvalue weighted by Gasteiger charge is 2.28. The zero-order chi connectivity index (χ0) is 18.9. The van der Waals surface area contributed by atoms with Crippen molar-refractivity contribution in [1.82, 2.24) is 25.3 Å². The fourth-order valence-electron chi connectivity index (χ4n) is 2.50. The second kappa shape index (κ2) is 10.3. The molecule has 25 heavy (non-hydrogen) atoms. The minimum absolute atomic E-state index is 0.376. The highest BCUT2D eigenvalue weighted by atomic mass is 19.4. The summed E-state index contributed by atoms with van der Waals surface area (Å²) >= 11 is 0. The van der Waals surface area contributed by atoms with Crippen molar-refractivity contribution < 1.29 is 13.2 Å². The number of aromatic nitrogens is 2. The molecule has 0 bridgehead atoms. The molecule has 0 aromatic carbocycles. The summed E-state index contributed by atoms with van der Waals surface area (Å²) in [4.78, 5) is 5.38. The average Bonchev–Trinajstić information content (AvgIpc) is 2.81. The molecule has 0 unspecified atom stereocenters. The molecule has 9 heteroatoms. The molecule has 0 saturated carbocycles. The van der Waals surface area contributed by atoms with Crippen molar-refractivity contribution >= 4 is 5.96 Å². The Bertz CT molecular complexity index is 538. The van der Waals surface area contributed by atoms with E-state index in [1.807, 2.05) is 24.6 Å². The first-order valence-electron chi connectivity index (χ1n) is 8.42. The van der Waals surface area contributed by atoms with Crippen LogP contribution < -0.4 is 10.6 Å². The van der Waals surface area contributed by atoms with E-state index in [2.05, 4.69) is 20.7 Å². The Balaban J connectivity index is 2.15. The molecule has 0 fully saturated rings. The third-order valence-electron chi connectivity index (χ3n) is 3.62. The molecule has 0 atom stereocenters. The van der Waals surface area contributed by atoms with Crippen molar-refractivity contribution in [2.75, 3.05) is 40.3 Å². The van der Waals surface area contributed by atoms with Crippen LogP contribution in [-0.2, 0) is 6.54 Å². The van der Waals surface area contributed by atoms with Crippen LogP contribution in [0.2, 0.25) is 0 Å². The maximum absolute atomic E-state index is 12.2. The first kappa shape index (κ1) is 21.3. The van der Waals surface area contributed by atoms with E-state index in [0.29, 0.717) is 25.5 Å². The van der Waals surface area contributed by atoms with Gasteiger partial charge in [-0.25, -0.2) is 0 Å². The third kappa shape index (κ3) is 9.33. The Morgan fingerprint density at radius 3 is 2.40 bits per heavy atom. The minimum atomic E-state index is -4.15. The zero-order valence-electron chi connectivity index (χ0n) is 15.4. The Labute approximate surface area is 147 Å². The van der Waals surface area contributed by atoms with Crippen molar-refractivity contribution in [3.63, 3.8) is 0 Å². The molecule has 0 saturated heterocycles.